The number of benzene rings is 1. The van der Waals surface area contributed by atoms with Gasteiger partial charge in [0.15, 0.2) is 0 Å². The molecule has 1 aromatic heterocycles. The smallest absolute Gasteiger partial charge is 0.269 e. The average molecular weight is 250 g/mol. The van der Waals surface area contributed by atoms with Crippen LogP contribution in [-0.4, -0.2) is 9.97 Å². The molecule has 0 radical (unpaired) electrons. The van der Waals surface area contributed by atoms with E-state index in [1.807, 2.05) is 0 Å². The van der Waals surface area contributed by atoms with Crippen LogP contribution < -0.4 is 5.56 Å². The maximum absolute atomic E-state index is 13.5. The molecule has 6 heteroatoms. The van der Waals surface area contributed by atoms with Crippen molar-refractivity contribution in [3.8, 4) is 17.5 Å². The fourth-order valence-corrected chi connectivity index (χ4v) is 1.58. The molecule has 84 valence electrons. The van der Waals surface area contributed by atoms with Gasteiger partial charge in [0.25, 0.3) is 5.56 Å². The molecule has 0 amide bonds. The third kappa shape index (κ3) is 2.03. The molecule has 2 rings (SSSR count). The van der Waals surface area contributed by atoms with E-state index in [9.17, 15) is 9.18 Å². The molecule has 0 atom stereocenters. The summed E-state index contributed by atoms with van der Waals surface area (Å²) in [7, 11) is 0. The van der Waals surface area contributed by atoms with E-state index in [2.05, 4.69) is 9.97 Å². The van der Waals surface area contributed by atoms with E-state index in [1.54, 1.807) is 6.07 Å². The van der Waals surface area contributed by atoms with Gasteiger partial charge in [0.1, 0.15) is 23.3 Å². The van der Waals surface area contributed by atoms with Crippen LogP contribution in [0.4, 0.5) is 4.39 Å². The molecule has 2 aromatic rings. The number of H-pyrrole nitrogens is 1. The Balaban J connectivity index is 2.67. The molecule has 0 bridgehead atoms. The van der Waals surface area contributed by atoms with E-state index < -0.39 is 11.4 Å². The number of hydrogen-bond acceptors (Lipinski definition) is 3. The van der Waals surface area contributed by atoms with Gasteiger partial charge >= 0.3 is 0 Å². The van der Waals surface area contributed by atoms with Gasteiger partial charge in [-0.2, -0.15) is 5.26 Å². The molecule has 1 heterocycles. The Morgan fingerprint density at radius 1 is 1.47 bits per heavy atom. The van der Waals surface area contributed by atoms with Gasteiger partial charge in [-0.05, 0) is 12.1 Å². The summed E-state index contributed by atoms with van der Waals surface area (Å²) in [5.41, 5.74) is -0.756. The SMILES string of the molecule is N#Cc1cnc(-c2c(F)cccc2Cl)[nH]c1=O. The van der Waals surface area contributed by atoms with Gasteiger partial charge in [0.05, 0.1) is 16.8 Å². The highest BCUT2D eigenvalue weighted by atomic mass is 35.5. The number of nitriles is 1. The highest BCUT2D eigenvalue weighted by Gasteiger charge is 2.12. The van der Waals surface area contributed by atoms with Gasteiger partial charge in [0, 0.05) is 0 Å². The number of nitrogens with one attached hydrogen (secondary N) is 1. The van der Waals surface area contributed by atoms with Gasteiger partial charge in [0.2, 0.25) is 0 Å². The van der Waals surface area contributed by atoms with Crippen molar-refractivity contribution in [2.24, 2.45) is 0 Å². The molecular formula is C11H5ClFN3O. The maximum Gasteiger partial charge on any atom is 0.269 e. The van der Waals surface area contributed by atoms with E-state index in [-0.39, 0.29) is 22.0 Å². The van der Waals surface area contributed by atoms with Crippen LogP contribution in [0.25, 0.3) is 11.4 Å². The highest BCUT2D eigenvalue weighted by Crippen LogP contribution is 2.26. The zero-order valence-corrected chi connectivity index (χ0v) is 9.12. The Morgan fingerprint density at radius 3 is 2.82 bits per heavy atom. The van der Waals surface area contributed by atoms with Crippen LogP contribution in [-0.2, 0) is 0 Å². The molecule has 0 saturated carbocycles. The number of hydrogen-bond donors (Lipinski definition) is 1. The fourth-order valence-electron chi connectivity index (χ4n) is 1.33. The summed E-state index contributed by atoms with van der Waals surface area (Å²) in [6.07, 6.45) is 1.08. The summed E-state index contributed by atoms with van der Waals surface area (Å²) in [6.45, 7) is 0. The Morgan fingerprint density at radius 2 is 2.24 bits per heavy atom. The lowest BCUT2D eigenvalue weighted by molar-refractivity contribution is 0.630. The van der Waals surface area contributed by atoms with Gasteiger partial charge < -0.3 is 4.98 Å². The molecule has 4 nitrogen and oxygen atoms in total. The first-order valence-corrected chi connectivity index (χ1v) is 4.95. The van der Waals surface area contributed by atoms with Crippen LogP contribution in [0.3, 0.4) is 0 Å². The van der Waals surface area contributed by atoms with Crippen molar-refractivity contribution < 1.29 is 4.39 Å². The van der Waals surface area contributed by atoms with Crippen molar-refractivity contribution in [3.63, 3.8) is 0 Å². The Labute approximate surface area is 100 Å². The van der Waals surface area contributed by atoms with Gasteiger partial charge in [-0.3, -0.25) is 4.79 Å². The normalized spacial score (nSPS) is 9.94. The summed E-state index contributed by atoms with van der Waals surface area (Å²) < 4.78 is 13.5. The first-order chi connectivity index (χ1) is 8.13. The number of aromatic nitrogens is 2. The van der Waals surface area contributed by atoms with E-state index >= 15 is 0 Å². The number of nitrogens with zero attached hydrogens (tertiary/aromatic N) is 2. The summed E-state index contributed by atoms with van der Waals surface area (Å²) >= 11 is 5.82. The fraction of sp³-hybridized carbons (Fsp3) is 0. The Bertz CT molecular complexity index is 655. The Kier molecular flexibility index (Phi) is 2.90. The van der Waals surface area contributed by atoms with Crippen molar-refractivity contribution in [3.05, 3.63) is 51.2 Å². The first-order valence-electron chi connectivity index (χ1n) is 4.57. The summed E-state index contributed by atoms with van der Waals surface area (Å²) in [6, 6.07) is 5.81. The summed E-state index contributed by atoms with van der Waals surface area (Å²) in [5, 5.41) is 8.72. The lowest BCUT2D eigenvalue weighted by Crippen LogP contribution is -2.12. The third-order valence-electron chi connectivity index (χ3n) is 2.12. The molecule has 1 N–H and O–H groups in total. The Hall–Kier alpha value is -2.19. The quantitative estimate of drug-likeness (QED) is 0.841. The molecule has 0 unspecified atom stereocenters. The molecule has 0 aliphatic heterocycles. The predicted octanol–water partition coefficient (Wildman–Crippen LogP) is 2.10. The summed E-state index contributed by atoms with van der Waals surface area (Å²) in [4.78, 5) is 17.5. The van der Waals surface area contributed by atoms with Crippen molar-refractivity contribution in [1.29, 1.82) is 5.26 Å². The second kappa shape index (κ2) is 4.36. The van der Waals surface area contributed by atoms with Gasteiger partial charge in [-0.15, -0.1) is 0 Å². The van der Waals surface area contributed by atoms with Crippen LogP contribution in [0.15, 0.2) is 29.2 Å². The van der Waals surface area contributed by atoms with Crippen LogP contribution in [0, 0.1) is 17.1 Å². The largest absolute Gasteiger partial charge is 0.305 e. The van der Waals surface area contributed by atoms with Gasteiger partial charge in [-0.25, -0.2) is 9.37 Å². The lowest BCUT2D eigenvalue weighted by Gasteiger charge is -2.04. The topological polar surface area (TPSA) is 69.5 Å². The van der Waals surface area contributed by atoms with Crippen LogP contribution in [0.2, 0.25) is 5.02 Å². The van der Waals surface area contributed by atoms with Crippen molar-refractivity contribution in [1.82, 2.24) is 9.97 Å². The number of aromatic amines is 1. The minimum Gasteiger partial charge on any atom is -0.305 e. The van der Waals surface area contributed by atoms with Crippen LogP contribution >= 0.6 is 11.6 Å². The minimum atomic E-state index is -0.628. The second-order valence-corrected chi connectivity index (χ2v) is 3.59. The molecule has 0 aliphatic carbocycles. The van der Waals surface area contributed by atoms with Crippen LogP contribution in [0.1, 0.15) is 5.56 Å². The minimum absolute atomic E-state index is 0.00269. The molecule has 0 spiro atoms. The molecular weight excluding hydrogens is 245 g/mol. The van der Waals surface area contributed by atoms with E-state index in [0.29, 0.717) is 0 Å². The van der Waals surface area contributed by atoms with Crippen molar-refractivity contribution >= 4 is 11.6 Å². The molecule has 0 fully saturated rings. The molecule has 0 saturated heterocycles. The number of rotatable bonds is 1. The molecule has 0 aliphatic rings. The molecule has 1 aromatic carbocycles. The summed E-state index contributed by atoms with van der Waals surface area (Å²) in [5.74, 6) is -0.595. The van der Waals surface area contributed by atoms with Crippen molar-refractivity contribution in [2.45, 2.75) is 0 Å². The highest BCUT2D eigenvalue weighted by molar-refractivity contribution is 6.33. The number of halogens is 2. The standard InChI is InChI=1S/C11H5ClFN3O/c12-7-2-1-3-8(13)9(7)10-15-5-6(4-14)11(17)16-10/h1-3,5H,(H,15,16,17). The van der Waals surface area contributed by atoms with Gasteiger partial charge in [-0.1, -0.05) is 17.7 Å². The zero-order chi connectivity index (χ0) is 12.4. The van der Waals surface area contributed by atoms with Crippen molar-refractivity contribution in [2.75, 3.05) is 0 Å². The molecule has 17 heavy (non-hydrogen) atoms. The monoisotopic (exact) mass is 249 g/mol. The van der Waals surface area contributed by atoms with Crippen LogP contribution in [0.5, 0.6) is 0 Å². The van der Waals surface area contributed by atoms with E-state index in [0.717, 1.165) is 6.20 Å². The average Bonchev–Trinajstić information content (AvgIpc) is 2.29. The lowest BCUT2D eigenvalue weighted by atomic mass is 10.2. The zero-order valence-electron chi connectivity index (χ0n) is 8.37. The maximum atomic E-state index is 13.5. The van der Waals surface area contributed by atoms with E-state index in [4.69, 9.17) is 16.9 Å². The van der Waals surface area contributed by atoms with E-state index in [1.165, 1.54) is 18.2 Å². The first kappa shape index (κ1) is 11.3. The predicted molar refractivity (Wildman–Crippen MR) is 60.0 cm³/mol. The second-order valence-electron chi connectivity index (χ2n) is 3.18. The third-order valence-corrected chi connectivity index (χ3v) is 2.43.